The number of hydrogen-bond donors (Lipinski definition) is 1. The molecule has 0 amide bonds. The van der Waals surface area contributed by atoms with Crippen molar-refractivity contribution in [1.82, 2.24) is 0 Å². The van der Waals surface area contributed by atoms with Gasteiger partial charge in [-0.25, -0.2) is 9.18 Å². The fraction of sp³-hybridized carbons (Fsp3) is 0.889. The molecule has 1 aliphatic carbocycles. The zero-order valence-electron chi connectivity index (χ0n) is 7.56. The molecule has 0 aromatic heterocycles. The number of hydrogen-bond acceptors (Lipinski definition) is 1. The van der Waals surface area contributed by atoms with E-state index in [2.05, 4.69) is 13.8 Å². The van der Waals surface area contributed by atoms with Crippen LogP contribution in [0.5, 0.6) is 0 Å². The lowest BCUT2D eigenvalue weighted by Crippen LogP contribution is -2.39. The summed E-state index contributed by atoms with van der Waals surface area (Å²) < 4.78 is 13.4. The van der Waals surface area contributed by atoms with Crippen LogP contribution in [-0.2, 0) is 4.79 Å². The predicted molar refractivity (Wildman–Crippen MR) is 43.7 cm³/mol. The molecular weight excluding hydrogens is 159 g/mol. The summed E-state index contributed by atoms with van der Waals surface area (Å²) in [5.41, 5.74) is -1.83. The number of carboxylic acids is 1. The minimum atomic E-state index is -1.95. The van der Waals surface area contributed by atoms with Crippen LogP contribution in [0.2, 0.25) is 0 Å². The Morgan fingerprint density at radius 1 is 1.25 bits per heavy atom. The Balaban J connectivity index is 2.62. The summed E-state index contributed by atoms with van der Waals surface area (Å²) in [5.74, 6) is -1.29. The van der Waals surface area contributed by atoms with Gasteiger partial charge in [-0.3, -0.25) is 0 Å². The maximum Gasteiger partial charge on any atom is 0.341 e. The van der Waals surface area contributed by atoms with Gasteiger partial charge in [0.15, 0.2) is 0 Å². The maximum atomic E-state index is 13.4. The van der Waals surface area contributed by atoms with Gasteiger partial charge in [0.25, 0.3) is 0 Å². The van der Waals surface area contributed by atoms with Gasteiger partial charge < -0.3 is 5.11 Å². The Morgan fingerprint density at radius 2 is 1.67 bits per heavy atom. The van der Waals surface area contributed by atoms with Crippen LogP contribution in [0.1, 0.15) is 39.5 Å². The molecule has 0 spiro atoms. The molecule has 0 saturated heterocycles. The SMILES string of the molecule is CC1(C)CCC(F)(C(=O)O)CC1. The van der Waals surface area contributed by atoms with Crippen LogP contribution in [0, 0.1) is 5.41 Å². The van der Waals surface area contributed by atoms with Crippen molar-refractivity contribution >= 4 is 5.97 Å². The lowest BCUT2D eigenvalue weighted by atomic mass is 9.72. The minimum Gasteiger partial charge on any atom is -0.479 e. The molecule has 3 heteroatoms. The fourth-order valence-electron chi connectivity index (χ4n) is 1.54. The van der Waals surface area contributed by atoms with Crippen molar-refractivity contribution in [3.05, 3.63) is 0 Å². The second-order valence-corrected chi connectivity index (χ2v) is 4.43. The highest BCUT2D eigenvalue weighted by atomic mass is 19.1. The molecule has 0 aromatic rings. The van der Waals surface area contributed by atoms with E-state index < -0.39 is 11.6 Å². The zero-order valence-corrected chi connectivity index (χ0v) is 7.56. The van der Waals surface area contributed by atoms with Crippen LogP contribution >= 0.6 is 0 Å². The van der Waals surface area contributed by atoms with Crippen molar-refractivity contribution < 1.29 is 14.3 Å². The predicted octanol–water partition coefficient (Wildman–Crippen LogP) is 2.38. The molecule has 0 radical (unpaired) electrons. The second-order valence-electron chi connectivity index (χ2n) is 4.43. The van der Waals surface area contributed by atoms with Crippen molar-refractivity contribution in [2.45, 2.75) is 45.2 Å². The van der Waals surface area contributed by atoms with Crippen LogP contribution in [-0.4, -0.2) is 16.7 Å². The first kappa shape index (κ1) is 9.49. The van der Waals surface area contributed by atoms with Gasteiger partial charge in [-0.2, -0.15) is 0 Å². The Hall–Kier alpha value is -0.600. The van der Waals surface area contributed by atoms with E-state index in [1.54, 1.807) is 0 Å². The number of rotatable bonds is 1. The van der Waals surface area contributed by atoms with Crippen LogP contribution in [0.3, 0.4) is 0 Å². The highest BCUT2D eigenvalue weighted by Crippen LogP contribution is 2.42. The molecule has 1 saturated carbocycles. The first-order chi connectivity index (χ1) is 5.36. The quantitative estimate of drug-likeness (QED) is 0.662. The molecule has 2 nitrogen and oxygen atoms in total. The third-order valence-corrected chi connectivity index (χ3v) is 2.78. The Morgan fingerprint density at radius 3 is 2.00 bits per heavy atom. The molecule has 0 aliphatic heterocycles. The van der Waals surface area contributed by atoms with E-state index in [-0.39, 0.29) is 18.3 Å². The Bertz CT molecular complexity index is 189. The number of halogens is 1. The van der Waals surface area contributed by atoms with Crippen molar-refractivity contribution in [3.8, 4) is 0 Å². The van der Waals surface area contributed by atoms with Crippen molar-refractivity contribution in [1.29, 1.82) is 0 Å². The maximum absolute atomic E-state index is 13.4. The average molecular weight is 174 g/mol. The van der Waals surface area contributed by atoms with E-state index in [1.807, 2.05) is 0 Å². The fourth-order valence-corrected chi connectivity index (χ4v) is 1.54. The standard InChI is InChI=1S/C9H15FO2/c1-8(2)3-5-9(10,6-4-8)7(11)12/h3-6H2,1-2H3,(H,11,12). The van der Waals surface area contributed by atoms with Crippen LogP contribution < -0.4 is 0 Å². The number of aliphatic carboxylic acids is 1. The van der Waals surface area contributed by atoms with E-state index in [9.17, 15) is 9.18 Å². The molecule has 1 fully saturated rings. The van der Waals surface area contributed by atoms with Crippen LogP contribution in [0.15, 0.2) is 0 Å². The highest BCUT2D eigenvalue weighted by molar-refractivity contribution is 5.77. The van der Waals surface area contributed by atoms with E-state index in [1.165, 1.54) is 0 Å². The van der Waals surface area contributed by atoms with Crippen molar-refractivity contribution in [2.24, 2.45) is 5.41 Å². The first-order valence-corrected chi connectivity index (χ1v) is 4.28. The topological polar surface area (TPSA) is 37.3 Å². The lowest BCUT2D eigenvalue weighted by molar-refractivity contribution is -0.154. The molecule has 0 bridgehead atoms. The van der Waals surface area contributed by atoms with Gasteiger partial charge in [-0.1, -0.05) is 13.8 Å². The second kappa shape index (κ2) is 2.71. The molecule has 1 aliphatic rings. The third kappa shape index (κ3) is 1.76. The molecule has 70 valence electrons. The summed E-state index contributed by atoms with van der Waals surface area (Å²) in [6, 6.07) is 0. The number of carboxylic acid groups (broad SMARTS) is 1. The largest absolute Gasteiger partial charge is 0.479 e. The molecular formula is C9H15FO2. The van der Waals surface area contributed by atoms with Gasteiger partial charge >= 0.3 is 5.97 Å². The first-order valence-electron chi connectivity index (χ1n) is 4.28. The molecule has 1 rings (SSSR count). The summed E-state index contributed by atoms with van der Waals surface area (Å²) in [5, 5.41) is 8.59. The molecule has 1 N–H and O–H groups in total. The van der Waals surface area contributed by atoms with Gasteiger partial charge in [0.1, 0.15) is 0 Å². The number of carbonyl (C=O) groups is 1. The molecule has 0 atom stereocenters. The molecule has 0 heterocycles. The normalized spacial score (nSPS) is 26.6. The van der Waals surface area contributed by atoms with E-state index in [0.717, 1.165) is 0 Å². The van der Waals surface area contributed by atoms with E-state index >= 15 is 0 Å². The zero-order chi connectivity index (χ0) is 9.41. The van der Waals surface area contributed by atoms with Gasteiger partial charge in [0.05, 0.1) is 0 Å². The minimum absolute atomic E-state index is 0.116. The highest BCUT2D eigenvalue weighted by Gasteiger charge is 2.44. The van der Waals surface area contributed by atoms with E-state index in [4.69, 9.17) is 5.11 Å². The number of alkyl halides is 1. The van der Waals surface area contributed by atoms with Gasteiger partial charge in [0.2, 0.25) is 5.67 Å². The molecule has 12 heavy (non-hydrogen) atoms. The summed E-state index contributed by atoms with van der Waals surface area (Å²) in [6.07, 6.45) is 1.65. The molecule has 0 aromatic carbocycles. The monoisotopic (exact) mass is 174 g/mol. The van der Waals surface area contributed by atoms with E-state index in [0.29, 0.717) is 12.8 Å². The summed E-state index contributed by atoms with van der Waals surface area (Å²) in [4.78, 5) is 10.5. The average Bonchev–Trinajstić information content (AvgIpc) is 1.96. The Labute approximate surface area is 71.8 Å². The Kier molecular flexibility index (Phi) is 2.15. The van der Waals surface area contributed by atoms with Gasteiger partial charge in [-0.05, 0) is 31.1 Å². The summed E-state index contributed by atoms with van der Waals surface area (Å²) >= 11 is 0. The van der Waals surface area contributed by atoms with Gasteiger partial charge in [0, 0.05) is 0 Å². The molecule has 0 unspecified atom stereocenters. The van der Waals surface area contributed by atoms with Crippen molar-refractivity contribution in [3.63, 3.8) is 0 Å². The van der Waals surface area contributed by atoms with Gasteiger partial charge in [-0.15, -0.1) is 0 Å². The smallest absolute Gasteiger partial charge is 0.341 e. The van der Waals surface area contributed by atoms with Crippen LogP contribution in [0.4, 0.5) is 4.39 Å². The van der Waals surface area contributed by atoms with Crippen molar-refractivity contribution in [2.75, 3.05) is 0 Å². The van der Waals surface area contributed by atoms with Crippen LogP contribution in [0.25, 0.3) is 0 Å². The summed E-state index contributed by atoms with van der Waals surface area (Å²) in [7, 11) is 0. The lowest BCUT2D eigenvalue weighted by Gasteiger charge is -2.35. The summed E-state index contributed by atoms with van der Waals surface area (Å²) in [6.45, 7) is 4.10. The third-order valence-electron chi connectivity index (χ3n) is 2.78.